The van der Waals surface area contributed by atoms with Crippen molar-refractivity contribution in [1.29, 1.82) is 0 Å². The Morgan fingerprint density at radius 1 is 1.22 bits per heavy atom. The summed E-state index contributed by atoms with van der Waals surface area (Å²) in [4.78, 5) is 18.8. The van der Waals surface area contributed by atoms with E-state index in [0.717, 1.165) is 41.2 Å². The first-order valence-corrected chi connectivity index (χ1v) is 10.9. The van der Waals surface area contributed by atoms with E-state index in [-0.39, 0.29) is 18.1 Å². The molecular formula is C25H28FN3O3. The van der Waals surface area contributed by atoms with Crippen molar-refractivity contribution in [3.05, 3.63) is 70.8 Å². The molecule has 2 heterocycles. The van der Waals surface area contributed by atoms with E-state index in [1.165, 1.54) is 13.2 Å². The summed E-state index contributed by atoms with van der Waals surface area (Å²) in [5.74, 6) is 0.562. The number of benzene rings is 2. The number of nitrogens with one attached hydrogen (secondary N) is 1. The molecule has 0 bridgehead atoms. The van der Waals surface area contributed by atoms with Crippen LogP contribution >= 0.6 is 0 Å². The monoisotopic (exact) mass is 437 g/mol. The topological polar surface area (TPSA) is 63.2 Å². The van der Waals surface area contributed by atoms with Crippen LogP contribution in [0.2, 0.25) is 0 Å². The van der Waals surface area contributed by atoms with E-state index < -0.39 is 11.5 Å². The lowest BCUT2D eigenvalue weighted by Crippen LogP contribution is -2.46. The van der Waals surface area contributed by atoms with Crippen LogP contribution in [0.15, 0.2) is 58.9 Å². The number of hydrogen-bond acceptors (Lipinski definition) is 6. The van der Waals surface area contributed by atoms with Gasteiger partial charge in [-0.25, -0.2) is 4.39 Å². The van der Waals surface area contributed by atoms with Gasteiger partial charge in [-0.15, -0.1) is 0 Å². The third kappa shape index (κ3) is 4.07. The van der Waals surface area contributed by atoms with Gasteiger partial charge in [-0.05, 0) is 49.6 Å². The van der Waals surface area contributed by atoms with E-state index in [1.54, 1.807) is 13.0 Å². The van der Waals surface area contributed by atoms with Crippen molar-refractivity contribution >= 4 is 17.9 Å². The largest absolute Gasteiger partial charge is 0.494 e. The predicted molar refractivity (Wildman–Crippen MR) is 122 cm³/mol. The van der Waals surface area contributed by atoms with Crippen LogP contribution < -0.4 is 15.0 Å². The normalized spacial score (nSPS) is 19.6. The molecule has 0 aromatic heterocycles. The summed E-state index contributed by atoms with van der Waals surface area (Å²) in [6.07, 6.45) is 3.69. The molecule has 1 atom stereocenters. The fraction of sp³-hybridized carbons (Fsp3) is 0.360. The number of esters is 1. The Labute approximate surface area is 187 Å². The number of carbonyl (C=O) groups is 1. The van der Waals surface area contributed by atoms with E-state index in [2.05, 4.69) is 10.2 Å². The first-order valence-electron chi connectivity index (χ1n) is 10.9. The molecule has 4 rings (SSSR count). The Balaban J connectivity index is 1.57. The minimum Gasteiger partial charge on any atom is -0.494 e. The zero-order valence-corrected chi connectivity index (χ0v) is 18.7. The van der Waals surface area contributed by atoms with Gasteiger partial charge in [-0.1, -0.05) is 25.1 Å². The van der Waals surface area contributed by atoms with Crippen molar-refractivity contribution in [2.24, 2.45) is 4.99 Å². The van der Waals surface area contributed by atoms with Crippen molar-refractivity contribution < 1.29 is 18.7 Å². The highest BCUT2D eigenvalue weighted by molar-refractivity contribution is 5.84. The second kappa shape index (κ2) is 9.02. The van der Waals surface area contributed by atoms with E-state index in [1.807, 2.05) is 43.5 Å². The molecule has 0 saturated heterocycles. The molecular weight excluding hydrogens is 409 g/mol. The van der Waals surface area contributed by atoms with Crippen molar-refractivity contribution in [2.45, 2.75) is 38.8 Å². The number of hydrogen-bond donors (Lipinski definition) is 1. The molecule has 2 aromatic rings. The summed E-state index contributed by atoms with van der Waals surface area (Å²) in [7, 11) is 1.45. The maximum atomic E-state index is 14.4. The molecule has 32 heavy (non-hydrogen) atoms. The SMILES string of the molecule is CCOC(=O)Cc1ccc(N2CCC3=C2NC(CC)(c2ccc(OC)c(F)c2)N=C3)cc1. The Bertz CT molecular complexity index is 1060. The van der Waals surface area contributed by atoms with Gasteiger partial charge in [0.05, 0.1) is 20.1 Å². The molecule has 7 heteroatoms. The third-order valence-electron chi connectivity index (χ3n) is 5.99. The van der Waals surface area contributed by atoms with Gasteiger partial charge in [0.2, 0.25) is 0 Å². The van der Waals surface area contributed by atoms with Crippen LogP contribution in [0.1, 0.15) is 37.8 Å². The molecule has 2 aromatic carbocycles. The molecule has 2 aliphatic heterocycles. The van der Waals surface area contributed by atoms with Crippen molar-refractivity contribution in [2.75, 3.05) is 25.2 Å². The van der Waals surface area contributed by atoms with Gasteiger partial charge in [0.25, 0.3) is 0 Å². The Kier molecular flexibility index (Phi) is 6.17. The third-order valence-corrected chi connectivity index (χ3v) is 5.99. The molecule has 0 radical (unpaired) electrons. The van der Waals surface area contributed by atoms with Gasteiger partial charge in [-0.2, -0.15) is 0 Å². The molecule has 6 nitrogen and oxygen atoms in total. The number of rotatable bonds is 7. The first kappa shape index (κ1) is 21.9. The highest BCUT2D eigenvalue weighted by Gasteiger charge is 2.37. The van der Waals surface area contributed by atoms with Crippen LogP contribution in [0.3, 0.4) is 0 Å². The Morgan fingerprint density at radius 2 is 2.00 bits per heavy atom. The summed E-state index contributed by atoms with van der Waals surface area (Å²) in [6, 6.07) is 12.9. The van der Waals surface area contributed by atoms with Crippen molar-refractivity contribution in [1.82, 2.24) is 5.32 Å². The van der Waals surface area contributed by atoms with E-state index in [0.29, 0.717) is 13.0 Å². The van der Waals surface area contributed by atoms with Gasteiger partial charge in [-0.3, -0.25) is 9.79 Å². The average Bonchev–Trinajstić information content (AvgIpc) is 3.22. The molecule has 2 aliphatic rings. The summed E-state index contributed by atoms with van der Waals surface area (Å²) >= 11 is 0. The van der Waals surface area contributed by atoms with E-state index in [4.69, 9.17) is 14.5 Å². The quantitative estimate of drug-likeness (QED) is 0.655. The molecule has 0 aliphatic carbocycles. The van der Waals surface area contributed by atoms with Gasteiger partial charge in [0.1, 0.15) is 5.82 Å². The van der Waals surface area contributed by atoms with Crippen LogP contribution in [0, 0.1) is 5.82 Å². The standard InChI is InChI=1S/C25H28FN3O3/c1-4-25(19-8-11-22(31-3)21(26)15-19)27-16-18-12-13-29(24(18)28-25)20-9-6-17(7-10-20)14-23(30)32-5-2/h6-11,15-16,28H,4-5,12-14H2,1-3H3. The number of ether oxygens (including phenoxy) is 2. The molecule has 0 saturated carbocycles. The van der Waals surface area contributed by atoms with Crippen molar-refractivity contribution in [3.63, 3.8) is 0 Å². The van der Waals surface area contributed by atoms with Crippen LogP contribution in [-0.2, 0) is 21.6 Å². The van der Waals surface area contributed by atoms with Crippen LogP contribution in [0.5, 0.6) is 5.75 Å². The second-order valence-electron chi connectivity index (χ2n) is 7.87. The summed E-state index contributed by atoms with van der Waals surface area (Å²) < 4.78 is 24.5. The number of carbonyl (C=O) groups excluding carboxylic acids is 1. The lowest BCUT2D eigenvalue weighted by Gasteiger charge is -2.37. The number of methoxy groups -OCH3 is 1. The minimum atomic E-state index is -0.752. The maximum absolute atomic E-state index is 14.4. The fourth-order valence-electron chi connectivity index (χ4n) is 4.21. The van der Waals surface area contributed by atoms with Gasteiger partial charge < -0.3 is 19.7 Å². The molecule has 0 amide bonds. The number of halogens is 1. The molecule has 1 unspecified atom stereocenters. The number of nitrogens with zero attached hydrogens (tertiary/aromatic N) is 2. The lowest BCUT2D eigenvalue weighted by molar-refractivity contribution is -0.142. The van der Waals surface area contributed by atoms with E-state index >= 15 is 0 Å². The number of anilines is 1. The molecule has 1 N–H and O–H groups in total. The highest BCUT2D eigenvalue weighted by atomic mass is 19.1. The first-order chi connectivity index (χ1) is 15.5. The molecule has 168 valence electrons. The Hall–Kier alpha value is -3.35. The van der Waals surface area contributed by atoms with E-state index in [9.17, 15) is 9.18 Å². The van der Waals surface area contributed by atoms with Crippen molar-refractivity contribution in [3.8, 4) is 5.75 Å². The second-order valence-corrected chi connectivity index (χ2v) is 7.87. The van der Waals surface area contributed by atoms with Crippen LogP contribution in [-0.4, -0.2) is 32.4 Å². The summed E-state index contributed by atoms with van der Waals surface area (Å²) in [5.41, 5.74) is 3.06. The zero-order valence-electron chi connectivity index (χ0n) is 18.7. The molecule has 0 spiro atoms. The fourth-order valence-corrected chi connectivity index (χ4v) is 4.21. The lowest BCUT2D eigenvalue weighted by atomic mass is 9.95. The van der Waals surface area contributed by atoms with Crippen LogP contribution in [0.25, 0.3) is 0 Å². The predicted octanol–water partition coefficient (Wildman–Crippen LogP) is 4.30. The van der Waals surface area contributed by atoms with Gasteiger partial charge >= 0.3 is 5.97 Å². The smallest absolute Gasteiger partial charge is 0.310 e. The van der Waals surface area contributed by atoms with Crippen LogP contribution in [0.4, 0.5) is 10.1 Å². The molecule has 0 fully saturated rings. The minimum absolute atomic E-state index is 0.213. The average molecular weight is 438 g/mol. The summed E-state index contributed by atoms with van der Waals surface area (Å²) in [6.45, 7) is 5.03. The number of aliphatic imine (C=N–C) groups is 1. The maximum Gasteiger partial charge on any atom is 0.310 e. The summed E-state index contributed by atoms with van der Waals surface area (Å²) in [5, 5.41) is 3.60. The zero-order chi connectivity index (χ0) is 22.7. The Morgan fingerprint density at radius 3 is 2.66 bits per heavy atom. The van der Waals surface area contributed by atoms with Gasteiger partial charge in [0.15, 0.2) is 17.2 Å². The van der Waals surface area contributed by atoms with Gasteiger partial charge in [0, 0.05) is 29.6 Å². The highest BCUT2D eigenvalue weighted by Crippen LogP contribution is 2.37.